The van der Waals surface area contributed by atoms with Crippen LogP contribution in [-0.4, -0.2) is 52.1 Å². The Balaban J connectivity index is 0.000000245. The molecule has 184 valence electrons. The molecule has 4 rings (SSSR count). The maximum absolute atomic E-state index is 11.2. The number of amides is 2. The van der Waals surface area contributed by atoms with Crippen molar-refractivity contribution in [1.29, 1.82) is 0 Å². The molecule has 0 saturated carbocycles. The zero-order valence-electron chi connectivity index (χ0n) is 20.4. The maximum Gasteiger partial charge on any atom is 0.251 e. The third-order valence-electron chi connectivity index (χ3n) is 5.67. The van der Waals surface area contributed by atoms with Crippen LogP contribution in [0, 0.1) is 6.92 Å². The van der Waals surface area contributed by atoms with Crippen molar-refractivity contribution in [3.63, 3.8) is 0 Å². The summed E-state index contributed by atoms with van der Waals surface area (Å²) < 4.78 is 10.7. The summed E-state index contributed by atoms with van der Waals surface area (Å²) >= 11 is 0. The quantitative estimate of drug-likeness (QED) is 0.306. The van der Waals surface area contributed by atoms with Gasteiger partial charge in [0.15, 0.2) is 5.58 Å². The molecule has 1 N–H and O–H groups in total. The van der Waals surface area contributed by atoms with Crippen LogP contribution in [0.3, 0.4) is 0 Å². The fourth-order valence-electron chi connectivity index (χ4n) is 3.67. The number of benzene rings is 1. The van der Waals surface area contributed by atoms with Gasteiger partial charge in [0.25, 0.3) is 5.91 Å². The zero-order valence-corrected chi connectivity index (χ0v) is 20.4. The minimum atomic E-state index is -0.0781. The molecule has 2 aromatic heterocycles. The molecule has 0 unspecified atom stereocenters. The van der Waals surface area contributed by atoms with Crippen molar-refractivity contribution in [3.05, 3.63) is 66.2 Å². The van der Waals surface area contributed by atoms with E-state index in [1.54, 1.807) is 17.1 Å². The van der Waals surface area contributed by atoms with E-state index < -0.39 is 0 Å². The SMILES string of the molecule is C=C/C(=C\C=C/C)C(=O)NCC.Cc1noc2cc(-c3noc(C4CCN(C=O)CC4)n3)ccc12. The molecule has 0 bridgehead atoms. The van der Waals surface area contributed by atoms with Crippen molar-refractivity contribution >= 4 is 23.3 Å². The molecule has 9 heteroatoms. The Kier molecular flexibility index (Phi) is 9.11. The molecule has 35 heavy (non-hydrogen) atoms. The van der Waals surface area contributed by atoms with E-state index in [1.165, 1.54) is 0 Å². The van der Waals surface area contributed by atoms with Crippen molar-refractivity contribution < 1.29 is 18.6 Å². The van der Waals surface area contributed by atoms with Gasteiger partial charge in [-0.25, -0.2) is 0 Å². The van der Waals surface area contributed by atoms with Crippen LogP contribution in [0.1, 0.15) is 44.2 Å². The van der Waals surface area contributed by atoms with Crippen molar-refractivity contribution in [1.82, 2.24) is 25.5 Å². The Morgan fingerprint density at radius 2 is 2.03 bits per heavy atom. The van der Waals surface area contributed by atoms with Gasteiger partial charge in [0.1, 0.15) is 0 Å². The van der Waals surface area contributed by atoms with Gasteiger partial charge in [-0.1, -0.05) is 41.2 Å². The van der Waals surface area contributed by atoms with Crippen LogP contribution in [0.15, 0.2) is 63.7 Å². The standard InChI is InChI=1S/C16H16N4O3.C10H15NO/c1-10-13-3-2-12(8-14(13)22-18-10)15-17-16(23-19-15)11-4-6-20(9-21)7-5-11;1-4-7-8-9(5-2)10(12)11-6-3/h2-3,8-9,11H,4-7H2,1H3;4-5,7-8H,2,6H2,1,3H3,(H,11,12)/b;7-4-,9-8+. The summed E-state index contributed by atoms with van der Waals surface area (Å²) in [5, 5.41) is 11.7. The van der Waals surface area contributed by atoms with E-state index in [9.17, 15) is 9.59 Å². The summed E-state index contributed by atoms with van der Waals surface area (Å²) in [6, 6.07) is 5.77. The summed E-state index contributed by atoms with van der Waals surface area (Å²) in [4.78, 5) is 28.3. The molecule has 0 spiro atoms. The van der Waals surface area contributed by atoms with Crippen molar-refractivity contribution in [2.24, 2.45) is 0 Å². The number of aryl methyl sites for hydroxylation is 1. The number of fused-ring (bicyclic) bond motifs is 1. The number of carbonyl (C=O) groups excluding carboxylic acids is 2. The highest BCUT2D eigenvalue weighted by atomic mass is 16.5. The molecule has 0 aliphatic carbocycles. The Morgan fingerprint density at radius 1 is 1.26 bits per heavy atom. The number of nitrogens with one attached hydrogen (secondary N) is 1. The lowest BCUT2D eigenvalue weighted by molar-refractivity contribution is -0.119. The lowest BCUT2D eigenvalue weighted by atomic mass is 9.97. The predicted octanol–water partition coefficient (Wildman–Crippen LogP) is 4.33. The van der Waals surface area contributed by atoms with Gasteiger partial charge in [0, 0.05) is 42.1 Å². The fourth-order valence-corrected chi connectivity index (χ4v) is 3.67. The van der Waals surface area contributed by atoms with Crippen molar-refractivity contribution in [3.8, 4) is 11.4 Å². The first-order valence-electron chi connectivity index (χ1n) is 11.6. The average Bonchev–Trinajstić information content (AvgIpc) is 3.52. The number of hydrogen-bond acceptors (Lipinski definition) is 7. The van der Waals surface area contributed by atoms with E-state index in [0.717, 1.165) is 49.0 Å². The number of carbonyl (C=O) groups is 2. The number of piperidine rings is 1. The smallest absolute Gasteiger partial charge is 0.251 e. The Labute approximate surface area is 204 Å². The first-order chi connectivity index (χ1) is 17.0. The topological polar surface area (TPSA) is 114 Å². The van der Waals surface area contributed by atoms with Crippen LogP contribution in [-0.2, 0) is 9.59 Å². The number of likely N-dealkylation sites (tertiary alicyclic amines) is 1. The minimum Gasteiger partial charge on any atom is -0.356 e. The molecule has 1 fully saturated rings. The molecule has 2 amide bonds. The summed E-state index contributed by atoms with van der Waals surface area (Å²) in [7, 11) is 0. The number of hydrogen-bond donors (Lipinski definition) is 1. The second-order valence-corrected chi connectivity index (χ2v) is 8.06. The van der Waals surface area contributed by atoms with E-state index in [0.29, 0.717) is 29.4 Å². The highest BCUT2D eigenvalue weighted by molar-refractivity contribution is 5.96. The van der Waals surface area contributed by atoms with Crippen molar-refractivity contribution in [2.45, 2.75) is 39.5 Å². The number of likely N-dealkylation sites (N-methyl/N-ethyl adjacent to an activating group) is 1. The van der Waals surface area contributed by atoms with Crippen LogP contribution in [0.5, 0.6) is 0 Å². The first kappa shape index (κ1) is 25.6. The molecular weight excluding hydrogens is 446 g/mol. The van der Waals surface area contributed by atoms with Gasteiger partial charge < -0.3 is 19.3 Å². The van der Waals surface area contributed by atoms with Gasteiger partial charge in [-0.05, 0) is 51.8 Å². The van der Waals surface area contributed by atoms with Gasteiger partial charge in [0.2, 0.25) is 18.1 Å². The predicted molar refractivity (Wildman–Crippen MR) is 133 cm³/mol. The van der Waals surface area contributed by atoms with Gasteiger partial charge in [-0.2, -0.15) is 4.98 Å². The number of allylic oxidation sites excluding steroid dienone is 3. The normalized spacial score (nSPS) is 14.6. The van der Waals surface area contributed by atoms with Crippen molar-refractivity contribution in [2.75, 3.05) is 19.6 Å². The largest absolute Gasteiger partial charge is 0.356 e. The maximum atomic E-state index is 11.2. The molecule has 9 nitrogen and oxygen atoms in total. The third-order valence-corrected chi connectivity index (χ3v) is 5.67. The average molecular weight is 478 g/mol. The van der Waals surface area contributed by atoms with E-state index in [1.807, 2.05) is 51.1 Å². The molecule has 3 aromatic rings. The lowest BCUT2D eigenvalue weighted by Crippen LogP contribution is -2.31. The van der Waals surface area contributed by atoms with Crippen LogP contribution >= 0.6 is 0 Å². The lowest BCUT2D eigenvalue weighted by Gasteiger charge is -2.26. The fraction of sp³-hybridized carbons (Fsp3) is 0.346. The minimum absolute atomic E-state index is 0.0781. The summed E-state index contributed by atoms with van der Waals surface area (Å²) in [5.41, 5.74) is 3.01. The van der Waals surface area contributed by atoms with E-state index >= 15 is 0 Å². The van der Waals surface area contributed by atoms with E-state index in [-0.39, 0.29) is 11.8 Å². The van der Waals surface area contributed by atoms with Crippen LogP contribution in [0.25, 0.3) is 22.4 Å². The zero-order chi connectivity index (χ0) is 25.2. The molecule has 1 aromatic carbocycles. The van der Waals surface area contributed by atoms with Gasteiger partial charge in [-0.3, -0.25) is 9.59 Å². The van der Waals surface area contributed by atoms with Gasteiger partial charge in [-0.15, -0.1) is 0 Å². The summed E-state index contributed by atoms with van der Waals surface area (Å²) in [6.07, 6.45) is 9.55. The number of aromatic nitrogens is 3. The highest BCUT2D eigenvalue weighted by Crippen LogP contribution is 2.29. The number of nitrogens with zero attached hydrogens (tertiary/aromatic N) is 4. The molecule has 0 atom stereocenters. The summed E-state index contributed by atoms with van der Waals surface area (Å²) in [6.45, 7) is 11.3. The second kappa shape index (κ2) is 12.5. The molecule has 1 saturated heterocycles. The molecule has 0 radical (unpaired) electrons. The molecule has 1 aliphatic heterocycles. The Bertz CT molecular complexity index is 1220. The second-order valence-electron chi connectivity index (χ2n) is 8.06. The monoisotopic (exact) mass is 477 g/mol. The van der Waals surface area contributed by atoms with Crippen LogP contribution < -0.4 is 5.32 Å². The first-order valence-corrected chi connectivity index (χ1v) is 11.6. The third kappa shape index (κ3) is 6.53. The van der Waals surface area contributed by atoms with Gasteiger partial charge in [0.05, 0.1) is 5.69 Å². The molecule has 1 aliphatic rings. The van der Waals surface area contributed by atoms with Crippen LogP contribution in [0.2, 0.25) is 0 Å². The van der Waals surface area contributed by atoms with Gasteiger partial charge >= 0.3 is 0 Å². The molecular formula is C26H31N5O4. The van der Waals surface area contributed by atoms with E-state index in [4.69, 9.17) is 9.05 Å². The number of rotatable bonds is 7. The Morgan fingerprint density at radius 3 is 2.69 bits per heavy atom. The summed E-state index contributed by atoms with van der Waals surface area (Å²) in [5.74, 6) is 1.32. The highest BCUT2D eigenvalue weighted by Gasteiger charge is 2.25. The van der Waals surface area contributed by atoms with Crippen LogP contribution in [0.4, 0.5) is 0 Å². The van der Waals surface area contributed by atoms with E-state index in [2.05, 4.69) is 27.2 Å². The molecule has 3 heterocycles. The Hall–Kier alpha value is -4.01.